The Morgan fingerprint density at radius 3 is 2.80 bits per heavy atom. The molecule has 1 aromatic rings. The maximum Gasteiger partial charge on any atom is 0.120 e. The fourth-order valence-electron chi connectivity index (χ4n) is 2.21. The molecule has 0 amide bonds. The number of halogens is 2. The third-order valence-electron chi connectivity index (χ3n) is 3.05. The van der Waals surface area contributed by atoms with Crippen LogP contribution in [0.3, 0.4) is 0 Å². The number of hydrogen-bond acceptors (Lipinski definition) is 1. The molecule has 3 heteroatoms. The predicted molar refractivity (Wildman–Crippen MR) is 67.3 cm³/mol. The van der Waals surface area contributed by atoms with E-state index in [4.69, 9.17) is 16.3 Å². The van der Waals surface area contributed by atoms with Gasteiger partial charge in [0.15, 0.2) is 0 Å². The lowest BCUT2D eigenvalue weighted by Crippen LogP contribution is -2.10. The van der Waals surface area contributed by atoms with Gasteiger partial charge >= 0.3 is 0 Å². The summed E-state index contributed by atoms with van der Waals surface area (Å²) in [6.45, 7) is 2.23. The van der Waals surface area contributed by atoms with Crippen molar-refractivity contribution in [2.75, 3.05) is 7.11 Å². The lowest BCUT2D eigenvalue weighted by Gasteiger charge is -2.27. The minimum absolute atomic E-state index is 0.413. The van der Waals surface area contributed by atoms with E-state index in [-0.39, 0.29) is 0 Å². The van der Waals surface area contributed by atoms with Gasteiger partial charge in [0.2, 0.25) is 0 Å². The Hall–Kier alpha value is -0.210. The Morgan fingerprint density at radius 2 is 2.13 bits per heavy atom. The molecular weight excluding hydrogens is 275 g/mol. The Balaban J connectivity index is 2.56. The lowest BCUT2D eigenvalue weighted by molar-refractivity contribution is 0.413. The Morgan fingerprint density at radius 1 is 1.40 bits per heavy atom. The van der Waals surface area contributed by atoms with Gasteiger partial charge in [-0.2, -0.15) is 0 Å². The first kappa shape index (κ1) is 11.3. The maximum atomic E-state index is 6.29. The molecule has 1 aliphatic rings. The van der Waals surface area contributed by atoms with E-state index >= 15 is 0 Å². The first-order valence-electron chi connectivity index (χ1n) is 5.15. The number of fused-ring (bicyclic) bond motifs is 1. The van der Waals surface area contributed by atoms with Crippen LogP contribution < -0.4 is 4.74 Å². The first-order valence-corrected chi connectivity index (χ1v) is 6.44. The molecule has 0 saturated carbocycles. The summed E-state index contributed by atoms with van der Waals surface area (Å²) < 4.78 is 5.24. The van der Waals surface area contributed by atoms with Crippen molar-refractivity contribution in [1.82, 2.24) is 0 Å². The summed E-state index contributed by atoms with van der Waals surface area (Å²) in [7, 11) is 1.67. The highest BCUT2D eigenvalue weighted by atomic mass is 79.9. The summed E-state index contributed by atoms with van der Waals surface area (Å²) in [5.74, 6) is 1.39. The second-order valence-electron chi connectivity index (χ2n) is 4.06. The smallest absolute Gasteiger partial charge is 0.120 e. The van der Waals surface area contributed by atoms with Crippen molar-refractivity contribution < 1.29 is 4.74 Å². The van der Waals surface area contributed by atoms with Crippen LogP contribution in [0.1, 0.15) is 41.6 Å². The number of methoxy groups -OCH3 is 1. The monoisotopic (exact) mass is 288 g/mol. The summed E-state index contributed by atoms with van der Waals surface area (Å²) in [6.07, 6.45) is 2.35. The van der Waals surface area contributed by atoms with Gasteiger partial charge in [0.25, 0.3) is 0 Å². The Bertz CT molecular complexity index is 378. The minimum atomic E-state index is 0.413. The van der Waals surface area contributed by atoms with Gasteiger partial charge in [-0.05, 0) is 42.0 Å². The molecule has 1 nitrogen and oxygen atoms in total. The van der Waals surface area contributed by atoms with Crippen LogP contribution in [0.4, 0.5) is 0 Å². The molecular formula is C12H14BrClO. The normalized spacial score (nSPS) is 24.8. The molecule has 0 N–H and O–H groups in total. The highest BCUT2D eigenvalue weighted by molar-refractivity contribution is 9.09. The molecule has 2 rings (SSSR count). The van der Waals surface area contributed by atoms with E-state index < -0.39 is 0 Å². The van der Waals surface area contributed by atoms with Crippen molar-refractivity contribution in [3.63, 3.8) is 0 Å². The zero-order valence-electron chi connectivity index (χ0n) is 8.89. The van der Waals surface area contributed by atoms with Crippen LogP contribution in [0.2, 0.25) is 5.02 Å². The zero-order valence-corrected chi connectivity index (χ0v) is 11.2. The van der Waals surface area contributed by atoms with Crippen molar-refractivity contribution in [3.05, 3.63) is 28.3 Å². The third-order valence-corrected chi connectivity index (χ3v) is 4.32. The molecule has 1 aliphatic carbocycles. The maximum absolute atomic E-state index is 6.29. The van der Waals surface area contributed by atoms with Crippen molar-refractivity contribution in [2.45, 2.75) is 30.5 Å². The Kier molecular flexibility index (Phi) is 3.27. The molecule has 0 heterocycles. The van der Waals surface area contributed by atoms with Gasteiger partial charge < -0.3 is 4.74 Å². The van der Waals surface area contributed by atoms with E-state index in [0.29, 0.717) is 10.7 Å². The fourth-order valence-corrected chi connectivity index (χ4v) is 3.25. The standard InChI is InChI=1S/C12H14BrClO/c1-7-3-4-10(13)9-5-8(15-2)6-11(14)12(7)9/h5-7,10H,3-4H2,1-2H3. The van der Waals surface area contributed by atoms with Crippen LogP contribution in [-0.2, 0) is 0 Å². The average molecular weight is 290 g/mol. The molecule has 0 radical (unpaired) electrons. The summed E-state index contributed by atoms with van der Waals surface area (Å²) in [5.41, 5.74) is 2.57. The third kappa shape index (κ3) is 2.02. The van der Waals surface area contributed by atoms with Gasteiger partial charge in [0.05, 0.1) is 7.11 Å². The lowest BCUT2D eigenvalue weighted by atomic mass is 9.84. The molecule has 0 bridgehead atoms. The number of rotatable bonds is 1. The van der Waals surface area contributed by atoms with Gasteiger partial charge in [-0.3, -0.25) is 0 Å². The first-order chi connectivity index (χ1) is 7.13. The summed E-state index contributed by atoms with van der Waals surface area (Å²) in [5, 5.41) is 0.834. The molecule has 0 fully saturated rings. The SMILES string of the molecule is COc1cc(Cl)c2c(c1)C(Br)CCC2C. The van der Waals surface area contributed by atoms with Crippen molar-refractivity contribution in [3.8, 4) is 5.75 Å². The zero-order chi connectivity index (χ0) is 11.0. The summed E-state index contributed by atoms with van der Waals surface area (Å²) >= 11 is 9.98. The number of alkyl halides is 1. The van der Waals surface area contributed by atoms with Crippen LogP contribution >= 0.6 is 27.5 Å². The molecule has 2 atom stereocenters. The largest absolute Gasteiger partial charge is 0.497 e. The molecule has 1 aromatic carbocycles. The highest BCUT2D eigenvalue weighted by Crippen LogP contribution is 2.46. The number of ether oxygens (including phenoxy) is 1. The van der Waals surface area contributed by atoms with Crippen LogP contribution in [0.15, 0.2) is 12.1 Å². The average Bonchev–Trinajstić information content (AvgIpc) is 2.23. The van der Waals surface area contributed by atoms with E-state index in [0.717, 1.165) is 17.2 Å². The fraction of sp³-hybridized carbons (Fsp3) is 0.500. The van der Waals surface area contributed by atoms with Gasteiger partial charge in [-0.1, -0.05) is 34.5 Å². The number of hydrogen-bond donors (Lipinski definition) is 0. The van der Waals surface area contributed by atoms with Crippen LogP contribution in [0.25, 0.3) is 0 Å². The van der Waals surface area contributed by atoms with Crippen molar-refractivity contribution >= 4 is 27.5 Å². The molecule has 0 aromatic heterocycles. The molecule has 2 unspecified atom stereocenters. The molecule has 82 valence electrons. The quantitative estimate of drug-likeness (QED) is 0.682. The second kappa shape index (κ2) is 4.34. The highest BCUT2D eigenvalue weighted by Gasteiger charge is 2.25. The van der Waals surface area contributed by atoms with Crippen LogP contribution in [-0.4, -0.2) is 7.11 Å². The van der Waals surface area contributed by atoms with Gasteiger partial charge in [-0.25, -0.2) is 0 Å². The molecule has 0 saturated heterocycles. The van der Waals surface area contributed by atoms with Gasteiger partial charge in [-0.15, -0.1) is 0 Å². The van der Waals surface area contributed by atoms with Gasteiger partial charge in [0, 0.05) is 9.85 Å². The molecule has 0 spiro atoms. The van der Waals surface area contributed by atoms with E-state index in [2.05, 4.69) is 28.9 Å². The van der Waals surface area contributed by atoms with Crippen LogP contribution in [0, 0.1) is 0 Å². The molecule has 15 heavy (non-hydrogen) atoms. The molecule has 0 aliphatic heterocycles. The van der Waals surface area contributed by atoms with Crippen molar-refractivity contribution in [2.24, 2.45) is 0 Å². The summed E-state index contributed by atoms with van der Waals surface area (Å²) in [6, 6.07) is 4.00. The van der Waals surface area contributed by atoms with E-state index in [1.807, 2.05) is 6.07 Å². The van der Waals surface area contributed by atoms with E-state index in [1.165, 1.54) is 17.5 Å². The van der Waals surface area contributed by atoms with Crippen LogP contribution in [0.5, 0.6) is 5.75 Å². The van der Waals surface area contributed by atoms with E-state index in [9.17, 15) is 0 Å². The van der Waals surface area contributed by atoms with Crippen molar-refractivity contribution in [1.29, 1.82) is 0 Å². The van der Waals surface area contributed by atoms with Gasteiger partial charge in [0.1, 0.15) is 5.75 Å². The topological polar surface area (TPSA) is 9.23 Å². The minimum Gasteiger partial charge on any atom is -0.497 e. The van der Waals surface area contributed by atoms with E-state index in [1.54, 1.807) is 7.11 Å². The Labute approximate surface area is 104 Å². The number of benzene rings is 1. The summed E-state index contributed by atoms with van der Waals surface area (Å²) in [4.78, 5) is 0.413. The predicted octanol–water partition coefficient (Wildman–Crippen LogP) is 4.68. The second-order valence-corrected chi connectivity index (χ2v) is 5.57.